The van der Waals surface area contributed by atoms with Crippen molar-refractivity contribution in [2.45, 2.75) is 6.92 Å². The van der Waals surface area contributed by atoms with Crippen LogP contribution < -0.4 is 0 Å². The third-order valence-corrected chi connectivity index (χ3v) is 1.42. The molecule has 11 heavy (non-hydrogen) atoms. The molecule has 0 spiro atoms. The van der Waals surface area contributed by atoms with Gasteiger partial charge in [-0.3, -0.25) is 4.98 Å². The Labute approximate surface area is 68.5 Å². The Morgan fingerprint density at radius 2 is 2.18 bits per heavy atom. The molecule has 1 heterocycles. The van der Waals surface area contributed by atoms with Gasteiger partial charge in [-0.05, 0) is 6.92 Å². The van der Waals surface area contributed by atoms with E-state index in [4.69, 9.17) is 16.8 Å². The fourth-order valence-electron chi connectivity index (χ4n) is 0.657. The maximum absolute atomic E-state index is 8.30. The second-order valence-corrected chi connectivity index (χ2v) is 2.24. The van der Waals surface area contributed by atoms with Crippen LogP contribution in [-0.2, 0) is 0 Å². The van der Waals surface area contributed by atoms with Crippen LogP contribution >= 0.6 is 11.6 Å². The summed E-state index contributed by atoms with van der Waals surface area (Å²) in [5.74, 6) is 0. The average molecular weight is 172 g/mol. The molecule has 0 bridgehead atoms. The molecule has 4 nitrogen and oxygen atoms in total. The molecule has 1 aromatic rings. The Bertz CT molecular complexity index is 287. The second-order valence-electron chi connectivity index (χ2n) is 1.88. The molecule has 0 amide bonds. The molecule has 0 fully saturated rings. The third-order valence-electron chi connectivity index (χ3n) is 1.16. The van der Waals surface area contributed by atoms with Gasteiger partial charge < -0.3 is 5.21 Å². The first-order valence-corrected chi connectivity index (χ1v) is 3.29. The van der Waals surface area contributed by atoms with Gasteiger partial charge in [-0.2, -0.15) is 0 Å². The van der Waals surface area contributed by atoms with E-state index in [1.807, 2.05) is 0 Å². The van der Waals surface area contributed by atoms with Crippen LogP contribution in [0.25, 0.3) is 0 Å². The number of hydrogen-bond donors (Lipinski definition) is 1. The van der Waals surface area contributed by atoms with E-state index >= 15 is 0 Å². The molecule has 1 rings (SSSR count). The lowest BCUT2D eigenvalue weighted by molar-refractivity contribution is 0.320. The van der Waals surface area contributed by atoms with Gasteiger partial charge in [-0.15, -0.1) is 0 Å². The van der Waals surface area contributed by atoms with Gasteiger partial charge in [-0.25, -0.2) is 4.98 Å². The zero-order valence-corrected chi connectivity index (χ0v) is 6.58. The van der Waals surface area contributed by atoms with Crippen LogP contribution in [0, 0.1) is 6.92 Å². The molecular formula is C6H6ClN3O. The molecule has 5 heteroatoms. The fourth-order valence-corrected chi connectivity index (χ4v) is 0.843. The number of hydrogen-bond acceptors (Lipinski definition) is 4. The molecule has 0 unspecified atom stereocenters. The van der Waals surface area contributed by atoms with Crippen LogP contribution in [0.5, 0.6) is 0 Å². The van der Waals surface area contributed by atoms with E-state index in [1.165, 1.54) is 6.20 Å². The number of aryl methyl sites for hydroxylation is 1. The summed E-state index contributed by atoms with van der Waals surface area (Å²) < 4.78 is 0. The number of oxime groups is 1. The van der Waals surface area contributed by atoms with Crippen molar-refractivity contribution < 1.29 is 5.21 Å². The summed E-state index contributed by atoms with van der Waals surface area (Å²) in [6.07, 6.45) is 3.02. The topological polar surface area (TPSA) is 58.4 Å². The minimum atomic E-state index is -0.0457. The minimum absolute atomic E-state index is 0.0457. The molecule has 0 aliphatic rings. The normalized spacial score (nSPS) is 11.6. The highest BCUT2D eigenvalue weighted by Crippen LogP contribution is 2.03. The van der Waals surface area contributed by atoms with Gasteiger partial charge in [0, 0.05) is 12.4 Å². The van der Waals surface area contributed by atoms with Gasteiger partial charge >= 0.3 is 0 Å². The van der Waals surface area contributed by atoms with Crippen LogP contribution in [0.15, 0.2) is 17.5 Å². The molecule has 0 atom stereocenters. The molecular weight excluding hydrogens is 166 g/mol. The van der Waals surface area contributed by atoms with Crippen molar-refractivity contribution in [3.8, 4) is 0 Å². The predicted molar refractivity (Wildman–Crippen MR) is 40.9 cm³/mol. The summed E-state index contributed by atoms with van der Waals surface area (Å²) in [4.78, 5) is 7.77. The van der Waals surface area contributed by atoms with Crippen LogP contribution in [0.4, 0.5) is 0 Å². The first-order chi connectivity index (χ1) is 5.25. The summed E-state index contributed by atoms with van der Waals surface area (Å²) in [5, 5.41) is 11.1. The maximum atomic E-state index is 8.30. The minimum Gasteiger partial charge on any atom is -0.410 e. The lowest BCUT2D eigenvalue weighted by Gasteiger charge is -1.97. The van der Waals surface area contributed by atoms with Gasteiger partial charge in [-0.1, -0.05) is 16.8 Å². The van der Waals surface area contributed by atoms with Gasteiger partial charge in [0.25, 0.3) is 0 Å². The van der Waals surface area contributed by atoms with Gasteiger partial charge in [0.15, 0.2) is 5.17 Å². The van der Waals surface area contributed by atoms with E-state index < -0.39 is 0 Å². The van der Waals surface area contributed by atoms with E-state index in [2.05, 4.69) is 15.1 Å². The molecule has 0 aliphatic carbocycles. The number of rotatable bonds is 1. The molecule has 0 aliphatic heterocycles. The van der Waals surface area contributed by atoms with Crippen molar-refractivity contribution in [3.05, 3.63) is 23.8 Å². The Morgan fingerprint density at radius 1 is 1.55 bits per heavy atom. The monoisotopic (exact) mass is 171 g/mol. The van der Waals surface area contributed by atoms with E-state index in [0.717, 1.165) is 0 Å². The zero-order valence-electron chi connectivity index (χ0n) is 5.82. The Kier molecular flexibility index (Phi) is 2.38. The van der Waals surface area contributed by atoms with Crippen molar-refractivity contribution in [1.29, 1.82) is 0 Å². The van der Waals surface area contributed by atoms with Crippen molar-refractivity contribution in [1.82, 2.24) is 9.97 Å². The van der Waals surface area contributed by atoms with E-state index in [1.54, 1.807) is 13.1 Å². The highest BCUT2D eigenvalue weighted by Gasteiger charge is 2.05. The lowest BCUT2D eigenvalue weighted by Crippen LogP contribution is -2.00. The van der Waals surface area contributed by atoms with Gasteiger partial charge in [0.2, 0.25) is 0 Å². The summed E-state index contributed by atoms with van der Waals surface area (Å²) in [6, 6.07) is 0. The van der Waals surface area contributed by atoms with E-state index in [0.29, 0.717) is 11.4 Å². The molecule has 1 N–H and O–H groups in total. The molecule has 58 valence electrons. The Hall–Kier alpha value is -1.16. The van der Waals surface area contributed by atoms with Crippen LogP contribution in [0.3, 0.4) is 0 Å². The van der Waals surface area contributed by atoms with Gasteiger partial charge in [0.1, 0.15) is 5.69 Å². The Balaban J connectivity index is 3.14. The van der Waals surface area contributed by atoms with Crippen molar-refractivity contribution in [2.24, 2.45) is 5.16 Å². The summed E-state index contributed by atoms with van der Waals surface area (Å²) in [7, 11) is 0. The van der Waals surface area contributed by atoms with Crippen molar-refractivity contribution >= 4 is 16.8 Å². The van der Waals surface area contributed by atoms with Crippen molar-refractivity contribution in [2.75, 3.05) is 0 Å². The number of aromatic nitrogens is 2. The first-order valence-electron chi connectivity index (χ1n) is 2.91. The second kappa shape index (κ2) is 3.30. The van der Waals surface area contributed by atoms with Crippen LogP contribution in [-0.4, -0.2) is 20.3 Å². The van der Waals surface area contributed by atoms with E-state index in [-0.39, 0.29) is 5.17 Å². The van der Waals surface area contributed by atoms with E-state index in [9.17, 15) is 0 Å². The van der Waals surface area contributed by atoms with Gasteiger partial charge in [0.05, 0.1) is 5.69 Å². The third kappa shape index (κ3) is 1.65. The Morgan fingerprint density at radius 3 is 2.73 bits per heavy atom. The smallest absolute Gasteiger partial charge is 0.195 e. The molecule has 0 saturated carbocycles. The SMILES string of the molecule is Cc1nccnc1C(Cl)=NO. The predicted octanol–water partition coefficient (Wildman–Crippen LogP) is 1.16. The number of nitrogens with zero attached hydrogens (tertiary/aromatic N) is 3. The summed E-state index contributed by atoms with van der Waals surface area (Å²) in [5.41, 5.74) is 1.03. The molecule has 1 aromatic heterocycles. The largest absolute Gasteiger partial charge is 0.410 e. The first kappa shape index (κ1) is 7.94. The quantitative estimate of drug-likeness (QED) is 0.392. The molecule has 0 aromatic carbocycles. The van der Waals surface area contributed by atoms with Crippen LogP contribution in [0.2, 0.25) is 0 Å². The van der Waals surface area contributed by atoms with Crippen LogP contribution in [0.1, 0.15) is 11.4 Å². The lowest BCUT2D eigenvalue weighted by atomic mass is 10.3. The van der Waals surface area contributed by atoms with Crippen molar-refractivity contribution in [3.63, 3.8) is 0 Å². The standard InChI is InChI=1S/C6H6ClN3O/c1-4-5(6(7)10-11)9-3-2-8-4/h2-3,11H,1H3. The molecule has 0 saturated heterocycles. The average Bonchev–Trinajstić information content (AvgIpc) is 2.04. The maximum Gasteiger partial charge on any atom is 0.195 e. The highest BCUT2D eigenvalue weighted by atomic mass is 35.5. The summed E-state index contributed by atoms with van der Waals surface area (Å²) >= 11 is 5.49. The number of halogens is 1. The molecule has 0 radical (unpaired) electrons. The zero-order chi connectivity index (χ0) is 8.27. The fraction of sp³-hybridized carbons (Fsp3) is 0.167. The summed E-state index contributed by atoms with van der Waals surface area (Å²) in [6.45, 7) is 1.73. The highest BCUT2D eigenvalue weighted by molar-refractivity contribution is 6.69.